The number of amides is 1. The van der Waals surface area contributed by atoms with Crippen molar-refractivity contribution in [2.24, 2.45) is 7.05 Å². The summed E-state index contributed by atoms with van der Waals surface area (Å²) in [5.74, 6) is 0.621. The molecule has 0 aromatic carbocycles. The van der Waals surface area contributed by atoms with E-state index in [1.54, 1.807) is 17.0 Å². The summed E-state index contributed by atoms with van der Waals surface area (Å²) in [7, 11) is 3.72. The molecule has 0 bridgehead atoms. The Labute approximate surface area is 136 Å². The highest BCUT2D eigenvalue weighted by atomic mass is 16.3. The smallest absolute Gasteiger partial charge is 0.267 e. The number of nitrogens with one attached hydrogen (secondary N) is 1. The van der Waals surface area contributed by atoms with Crippen LogP contribution in [0.15, 0.2) is 37.3 Å². The molecule has 23 heavy (non-hydrogen) atoms. The van der Waals surface area contributed by atoms with Gasteiger partial charge >= 0.3 is 0 Å². The molecule has 0 saturated carbocycles. The van der Waals surface area contributed by atoms with Crippen LogP contribution in [0.25, 0.3) is 11.1 Å². The Morgan fingerprint density at radius 1 is 1.57 bits per heavy atom. The van der Waals surface area contributed by atoms with E-state index in [0.29, 0.717) is 5.69 Å². The molecule has 0 spiro atoms. The third-order valence-electron chi connectivity index (χ3n) is 3.73. The van der Waals surface area contributed by atoms with E-state index in [-0.39, 0.29) is 19.1 Å². The van der Waals surface area contributed by atoms with Gasteiger partial charge < -0.3 is 19.9 Å². The fourth-order valence-corrected chi connectivity index (χ4v) is 2.48. The standard InChI is InChI=1S/C17H22N4O2/c1-5-20(3)16-12(2)14(6-7-18-16)13-10-15(21(4)11-13)17(23)19-8-9-22/h5-7,10-11,22H,1,8-9H2,2-4H3,(H,19,23). The number of carbonyl (C=O) groups is 1. The van der Waals surface area contributed by atoms with Crippen LogP contribution >= 0.6 is 0 Å². The van der Waals surface area contributed by atoms with Crippen LogP contribution in [0.1, 0.15) is 16.1 Å². The highest BCUT2D eigenvalue weighted by molar-refractivity contribution is 5.94. The topological polar surface area (TPSA) is 70.4 Å². The second-order valence-corrected chi connectivity index (χ2v) is 5.31. The number of aromatic nitrogens is 2. The quantitative estimate of drug-likeness (QED) is 0.851. The highest BCUT2D eigenvalue weighted by Crippen LogP contribution is 2.29. The molecule has 1 amide bonds. The maximum Gasteiger partial charge on any atom is 0.267 e. The Kier molecular flexibility index (Phi) is 5.18. The van der Waals surface area contributed by atoms with Gasteiger partial charge in [-0.2, -0.15) is 0 Å². The van der Waals surface area contributed by atoms with Gasteiger partial charge in [0.15, 0.2) is 0 Å². The van der Waals surface area contributed by atoms with Crippen LogP contribution in [0, 0.1) is 6.92 Å². The molecule has 0 radical (unpaired) electrons. The summed E-state index contributed by atoms with van der Waals surface area (Å²) < 4.78 is 1.78. The summed E-state index contributed by atoms with van der Waals surface area (Å²) in [6, 6.07) is 3.77. The maximum atomic E-state index is 12.1. The minimum absolute atomic E-state index is 0.0796. The molecule has 0 fully saturated rings. The lowest BCUT2D eigenvalue weighted by Crippen LogP contribution is -2.27. The van der Waals surface area contributed by atoms with Gasteiger partial charge in [0.05, 0.1) is 6.61 Å². The van der Waals surface area contributed by atoms with Gasteiger partial charge in [-0.3, -0.25) is 4.79 Å². The predicted molar refractivity (Wildman–Crippen MR) is 91.4 cm³/mol. The molecular weight excluding hydrogens is 292 g/mol. The number of hydrogen-bond acceptors (Lipinski definition) is 4. The lowest BCUT2D eigenvalue weighted by atomic mass is 10.0. The molecule has 122 valence electrons. The summed E-state index contributed by atoms with van der Waals surface area (Å²) in [6.45, 7) is 5.91. The van der Waals surface area contributed by atoms with Crippen molar-refractivity contribution < 1.29 is 9.90 Å². The molecule has 2 N–H and O–H groups in total. The van der Waals surface area contributed by atoms with Gasteiger partial charge in [0.1, 0.15) is 11.5 Å². The van der Waals surface area contributed by atoms with Gasteiger partial charge in [0.25, 0.3) is 5.91 Å². The van der Waals surface area contributed by atoms with Gasteiger partial charge in [-0.05, 0) is 36.4 Å². The van der Waals surface area contributed by atoms with Gasteiger partial charge in [-0.1, -0.05) is 6.58 Å². The van der Waals surface area contributed by atoms with Gasteiger partial charge in [0, 0.05) is 38.6 Å². The lowest BCUT2D eigenvalue weighted by Gasteiger charge is -2.16. The van der Waals surface area contributed by atoms with Crippen LogP contribution in [-0.2, 0) is 7.05 Å². The number of aliphatic hydroxyl groups is 1. The van der Waals surface area contributed by atoms with Crippen molar-refractivity contribution in [3.63, 3.8) is 0 Å². The number of rotatable bonds is 6. The third kappa shape index (κ3) is 3.43. The SMILES string of the molecule is C=CN(C)c1nccc(-c2cc(C(=O)NCCO)n(C)c2)c1C. The monoisotopic (exact) mass is 314 g/mol. The Balaban J connectivity index is 2.40. The second kappa shape index (κ2) is 7.11. The van der Waals surface area contributed by atoms with Gasteiger partial charge in [-0.15, -0.1) is 0 Å². The first-order chi connectivity index (χ1) is 11.0. The number of pyridine rings is 1. The summed E-state index contributed by atoms with van der Waals surface area (Å²) in [5.41, 5.74) is 3.52. The largest absolute Gasteiger partial charge is 0.395 e. The molecule has 0 unspecified atom stereocenters. The molecule has 2 aromatic heterocycles. The zero-order valence-corrected chi connectivity index (χ0v) is 13.7. The zero-order valence-electron chi connectivity index (χ0n) is 13.7. The van der Waals surface area contributed by atoms with E-state index in [1.165, 1.54) is 0 Å². The van der Waals surface area contributed by atoms with Crippen molar-refractivity contribution in [2.45, 2.75) is 6.92 Å². The van der Waals surface area contributed by atoms with Crippen molar-refractivity contribution in [1.29, 1.82) is 0 Å². The number of aryl methyl sites for hydroxylation is 1. The van der Waals surface area contributed by atoms with Gasteiger partial charge in [-0.25, -0.2) is 4.98 Å². The third-order valence-corrected chi connectivity index (χ3v) is 3.73. The molecule has 0 aliphatic carbocycles. The van der Waals surface area contributed by atoms with Crippen LogP contribution in [-0.4, -0.2) is 40.8 Å². The normalized spacial score (nSPS) is 10.4. The maximum absolute atomic E-state index is 12.1. The number of aliphatic hydroxyl groups excluding tert-OH is 1. The first-order valence-electron chi connectivity index (χ1n) is 7.36. The molecule has 2 aromatic rings. The minimum Gasteiger partial charge on any atom is -0.395 e. The molecule has 0 saturated heterocycles. The van der Waals surface area contributed by atoms with E-state index in [2.05, 4.69) is 16.9 Å². The van der Waals surface area contributed by atoms with Crippen molar-refractivity contribution >= 4 is 11.7 Å². The molecule has 0 aliphatic rings. The Hall–Kier alpha value is -2.60. The van der Waals surface area contributed by atoms with E-state index >= 15 is 0 Å². The Morgan fingerprint density at radius 3 is 2.96 bits per heavy atom. The van der Waals surface area contributed by atoms with Crippen LogP contribution in [0.2, 0.25) is 0 Å². The van der Waals surface area contributed by atoms with Crippen molar-refractivity contribution in [2.75, 3.05) is 25.1 Å². The first-order valence-corrected chi connectivity index (χ1v) is 7.36. The second-order valence-electron chi connectivity index (χ2n) is 5.31. The summed E-state index contributed by atoms with van der Waals surface area (Å²) in [6.07, 6.45) is 5.36. The average molecular weight is 314 g/mol. The number of carbonyl (C=O) groups excluding carboxylic acids is 1. The van der Waals surface area contributed by atoms with E-state index in [0.717, 1.165) is 22.5 Å². The fourth-order valence-electron chi connectivity index (χ4n) is 2.48. The van der Waals surface area contributed by atoms with Crippen molar-refractivity contribution in [1.82, 2.24) is 14.9 Å². The van der Waals surface area contributed by atoms with E-state index in [4.69, 9.17) is 5.11 Å². The van der Waals surface area contributed by atoms with Crippen molar-refractivity contribution in [3.8, 4) is 11.1 Å². The van der Waals surface area contributed by atoms with E-state index < -0.39 is 0 Å². The zero-order chi connectivity index (χ0) is 17.0. The predicted octanol–water partition coefficient (Wildman–Crippen LogP) is 1.70. The van der Waals surface area contributed by atoms with Crippen LogP contribution in [0.5, 0.6) is 0 Å². The Morgan fingerprint density at radius 2 is 2.30 bits per heavy atom. The highest BCUT2D eigenvalue weighted by Gasteiger charge is 2.15. The van der Waals surface area contributed by atoms with Gasteiger partial charge in [0.2, 0.25) is 0 Å². The molecule has 0 aliphatic heterocycles. The number of hydrogen-bond donors (Lipinski definition) is 2. The molecular formula is C17H22N4O2. The fraction of sp³-hybridized carbons (Fsp3) is 0.294. The minimum atomic E-state index is -0.206. The van der Waals surface area contributed by atoms with E-state index in [1.807, 2.05) is 44.2 Å². The average Bonchev–Trinajstić information content (AvgIpc) is 2.93. The number of nitrogens with zero attached hydrogens (tertiary/aromatic N) is 3. The van der Waals surface area contributed by atoms with Crippen LogP contribution in [0.4, 0.5) is 5.82 Å². The summed E-state index contributed by atoms with van der Waals surface area (Å²) in [4.78, 5) is 18.3. The molecule has 2 rings (SSSR count). The first kappa shape index (κ1) is 16.8. The lowest BCUT2D eigenvalue weighted by molar-refractivity contribution is 0.0936. The van der Waals surface area contributed by atoms with E-state index in [9.17, 15) is 4.79 Å². The summed E-state index contributed by atoms with van der Waals surface area (Å²) >= 11 is 0. The van der Waals surface area contributed by atoms with Crippen LogP contribution in [0.3, 0.4) is 0 Å². The Bertz CT molecular complexity index is 721. The molecule has 6 nitrogen and oxygen atoms in total. The molecule has 0 atom stereocenters. The molecule has 6 heteroatoms. The number of anilines is 1. The van der Waals surface area contributed by atoms with Crippen LogP contribution < -0.4 is 10.2 Å². The van der Waals surface area contributed by atoms with Crippen molar-refractivity contribution in [3.05, 3.63) is 48.6 Å². The molecule has 2 heterocycles. The summed E-state index contributed by atoms with van der Waals surface area (Å²) in [5, 5.41) is 11.5.